The Bertz CT molecular complexity index is 192. The minimum Gasteiger partial charge on any atom is -0.385 e. The molecule has 5 atom stereocenters. The molecule has 0 radical (unpaired) electrons. The van der Waals surface area contributed by atoms with E-state index in [1.54, 1.807) is 0 Å². The van der Waals surface area contributed by atoms with Gasteiger partial charge in [0.05, 0.1) is 6.61 Å². The van der Waals surface area contributed by atoms with Crippen molar-refractivity contribution in [3.63, 3.8) is 0 Å². The van der Waals surface area contributed by atoms with Crippen LogP contribution >= 0.6 is 0 Å². The number of methoxy groups -OCH3 is 1. The van der Waals surface area contributed by atoms with Gasteiger partial charge in [0.2, 0.25) is 0 Å². The van der Waals surface area contributed by atoms with Gasteiger partial charge in [-0.2, -0.15) is 0 Å². The van der Waals surface area contributed by atoms with Crippen LogP contribution in [0.5, 0.6) is 0 Å². The predicted molar refractivity (Wildman–Crippen MR) is 43.4 cm³/mol. The first-order valence-electron chi connectivity index (χ1n) is 4.48. The SMILES string of the molecule is CO[C@H]1[C@@H]([C@H]2COCO2)OC(O)[C@@H]1O. The number of ether oxygens (including phenoxy) is 4. The van der Waals surface area contributed by atoms with Gasteiger partial charge in [-0.25, -0.2) is 0 Å². The zero-order chi connectivity index (χ0) is 10.1. The van der Waals surface area contributed by atoms with Crippen LogP contribution < -0.4 is 0 Å². The summed E-state index contributed by atoms with van der Waals surface area (Å²) in [5, 5.41) is 18.8. The second kappa shape index (κ2) is 4.09. The van der Waals surface area contributed by atoms with Crippen molar-refractivity contribution in [1.82, 2.24) is 0 Å². The van der Waals surface area contributed by atoms with E-state index in [0.717, 1.165) is 0 Å². The number of rotatable bonds is 2. The molecule has 0 saturated carbocycles. The molecule has 0 amide bonds. The number of hydrogen-bond donors (Lipinski definition) is 2. The Kier molecular flexibility index (Phi) is 3.01. The second-order valence-corrected chi connectivity index (χ2v) is 3.38. The maximum atomic E-state index is 9.49. The molecule has 0 aromatic carbocycles. The number of aliphatic hydroxyl groups is 2. The lowest BCUT2D eigenvalue weighted by atomic mass is 10.1. The van der Waals surface area contributed by atoms with Gasteiger partial charge in [-0.15, -0.1) is 0 Å². The van der Waals surface area contributed by atoms with Gasteiger partial charge >= 0.3 is 0 Å². The molecule has 2 aliphatic heterocycles. The van der Waals surface area contributed by atoms with E-state index >= 15 is 0 Å². The van der Waals surface area contributed by atoms with Crippen LogP contribution in [0.25, 0.3) is 0 Å². The molecule has 0 aromatic heterocycles. The van der Waals surface area contributed by atoms with E-state index in [-0.39, 0.29) is 12.9 Å². The zero-order valence-electron chi connectivity index (χ0n) is 7.83. The Balaban J connectivity index is 2.03. The lowest BCUT2D eigenvalue weighted by molar-refractivity contribution is -0.146. The second-order valence-electron chi connectivity index (χ2n) is 3.38. The lowest BCUT2D eigenvalue weighted by Gasteiger charge is -2.21. The third-order valence-corrected chi connectivity index (χ3v) is 2.54. The van der Waals surface area contributed by atoms with Gasteiger partial charge in [-0.3, -0.25) is 0 Å². The van der Waals surface area contributed by atoms with E-state index in [9.17, 15) is 10.2 Å². The quantitative estimate of drug-likeness (QED) is 0.569. The fourth-order valence-electron chi connectivity index (χ4n) is 1.79. The smallest absolute Gasteiger partial charge is 0.184 e. The highest BCUT2D eigenvalue weighted by atomic mass is 16.7. The Hall–Kier alpha value is -0.240. The van der Waals surface area contributed by atoms with Crippen molar-refractivity contribution in [3.8, 4) is 0 Å². The van der Waals surface area contributed by atoms with E-state index in [1.807, 2.05) is 0 Å². The summed E-state index contributed by atoms with van der Waals surface area (Å²) in [6.07, 6.45) is -3.58. The molecule has 82 valence electrons. The molecule has 1 unspecified atom stereocenters. The molecule has 14 heavy (non-hydrogen) atoms. The molecule has 6 nitrogen and oxygen atoms in total. The molecule has 2 rings (SSSR count). The largest absolute Gasteiger partial charge is 0.385 e. The summed E-state index contributed by atoms with van der Waals surface area (Å²) >= 11 is 0. The van der Waals surface area contributed by atoms with Crippen molar-refractivity contribution in [3.05, 3.63) is 0 Å². The topological polar surface area (TPSA) is 77.4 Å². The van der Waals surface area contributed by atoms with Crippen LogP contribution in [0, 0.1) is 0 Å². The van der Waals surface area contributed by atoms with Gasteiger partial charge < -0.3 is 29.2 Å². The first-order chi connectivity index (χ1) is 6.74. The molecule has 0 bridgehead atoms. The van der Waals surface area contributed by atoms with Crippen LogP contribution in [0.3, 0.4) is 0 Å². The summed E-state index contributed by atoms with van der Waals surface area (Å²) in [6.45, 7) is 0.608. The molecule has 0 aliphatic carbocycles. The molecule has 2 aliphatic rings. The molecule has 2 heterocycles. The highest BCUT2D eigenvalue weighted by Gasteiger charge is 2.48. The maximum absolute atomic E-state index is 9.49. The van der Waals surface area contributed by atoms with Crippen molar-refractivity contribution in [1.29, 1.82) is 0 Å². The normalized spacial score (nSPS) is 48.6. The molecule has 0 aromatic rings. The van der Waals surface area contributed by atoms with Crippen molar-refractivity contribution >= 4 is 0 Å². The van der Waals surface area contributed by atoms with E-state index in [1.165, 1.54) is 7.11 Å². The first-order valence-corrected chi connectivity index (χ1v) is 4.48. The van der Waals surface area contributed by atoms with Gasteiger partial charge in [0.25, 0.3) is 0 Å². The Morgan fingerprint density at radius 2 is 2.14 bits per heavy atom. The minimum absolute atomic E-state index is 0.215. The van der Waals surface area contributed by atoms with Crippen molar-refractivity contribution < 1.29 is 29.2 Å². The standard InChI is InChI=1S/C8H14O6/c1-11-7-5(9)8(10)14-6(7)4-2-12-3-13-4/h4-10H,2-3H2,1H3/t4-,5-,6-,7-,8?/m1/s1. The first kappa shape index (κ1) is 10.3. The lowest BCUT2D eigenvalue weighted by Crippen LogP contribution is -2.41. The third-order valence-electron chi connectivity index (χ3n) is 2.54. The van der Waals surface area contributed by atoms with Crippen molar-refractivity contribution in [2.45, 2.75) is 30.7 Å². The Labute approximate surface area is 81.3 Å². The summed E-state index contributed by atoms with van der Waals surface area (Å²) in [6, 6.07) is 0. The molecule has 2 saturated heterocycles. The average molecular weight is 206 g/mol. The van der Waals surface area contributed by atoms with Crippen LogP contribution in [-0.2, 0) is 18.9 Å². The third kappa shape index (κ3) is 1.65. The van der Waals surface area contributed by atoms with Gasteiger partial charge in [0.15, 0.2) is 6.29 Å². The molecule has 2 N–H and O–H groups in total. The van der Waals surface area contributed by atoms with Crippen molar-refractivity contribution in [2.75, 3.05) is 20.5 Å². The fourth-order valence-corrected chi connectivity index (χ4v) is 1.79. The van der Waals surface area contributed by atoms with E-state index in [0.29, 0.717) is 6.61 Å². The summed E-state index contributed by atoms with van der Waals surface area (Å²) in [7, 11) is 1.46. The zero-order valence-corrected chi connectivity index (χ0v) is 7.83. The van der Waals surface area contributed by atoms with E-state index in [4.69, 9.17) is 18.9 Å². The van der Waals surface area contributed by atoms with Crippen LogP contribution in [0.4, 0.5) is 0 Å². The summed E-state index contributed by atoms with van der Waals surface area (Å²) in [5.41, 5.74) is 0. The Morgan fingerprint density at radius 1 is 1.36 bits per heavy atom. The molecule has 2 fully saturated rings. The predicted octanol–water partition coefficient (Wildman–Crippen LogP) is -1.55. The van der Waals surface area contributed by atoms with Crippen LogP contribution in [-0.4, -0.2) is 61.4 Å². The highest BCUT2D eigenvalue weighted by Crippen LogP contribution is 2.27. The summed E-state index contributed by atoms with van der Waals surface area (Å²) in [5.74, 6) is 0. The number of hydrogen-bond acceptors (Lipinski definition) is 6. The van der Waals surface area contributed by atoms with Gasteiger partial charge in [0, 0.05) is 7.11 Å². The average Bonchev–Trinajstić information content (AvgIpc) is 2.76. The molecule has 6 heteroatoms. The van der Waals surface area contributed by atoms with E-state index < -0.39 is 24.6 Å². The summed E-state index contributed by atoms with van der Waals surface area (Å²) < 4.78 is 20.4. The molecule has 0 spiro atoms. The fraction of sp³-hybridized carbons (Fsp3) is 1.00. The van der Waals surface area contributed by atoms with Crippen molar-refractivity contribution in [2.24, 2.45) is 0 Å². The van der Waals surface area contributed by atoms with E-state index in [2.05, 4.69) is 0 Å². The Morgan fingerprint density at radius 3 is 2.71 bits per heavy atom. The van der Waals surface area contributed by atoms with Crippen LogP contribution in [0.15, 0.2) is 0 Å². The van der Waals surface area contributed by atoms with Crippen LogP contribution in [0.2, 0.25) is 0 Å². The molecular weight excluding hydrogens is 192 g/mol. The maximum Gasteiger partial charge on any atom is 0.184 e. The monoisotopic (exact) mass is 206 g/mol. The minimum atomic E-state index is -1.21. The van der Waals surface area contributed by atoms with Gasteiger partial charge in [-0.05, 0) is 0 Å². The summed E-state index contributed by atoms with van der Waals surface area (Å²) in [4.78, 5) is 0. The highest BCUT2D eigenvalue weighted by molar-refractivity contribution is 4.92. The molecular formula is C8H14O6. The van der Waals surface area contributed by atoms with Crippen LogP contribution in [0.1, 0.15) is 0 Å². The van der Waals surface area contributed by atoms with Gasteiger partial charge in [0.1, 0.15) is 31.2 Å². The van der Waals surface area contributed by atoms with Gasteiger partial charge in [-0.1, -0.05) is 0 Å². The number of aliphatic hydroxyl groups excluding tert-OH is 2.